The van der Waals surface area contributed by atoms with E-state index in [1.807, 2.05) is 21.6 Å². The van der Waals surface area contributed by atoms with Gasteiger partial charge in [0.1, 0.15) is 12.4 Å². The highest BCUT2D eigenvalue weighted by atomic mass is 33.1. The second-order valence-corrected chi connectivity index (χ2v) is 20.2. The molecule has 5 atom stereocenters. The molecule has 0 saturated heterocycles. The van der Waals surface area contributed by atoms with Gasteiger partial charge in [0.15, 0.2) is 0 Å². The van der Waals surface area contributed by atoms with Gasteiger partial charge in [-0.25, -0.2) is 11.8 Å². The van der Waals surface area contributed by atoms with Gasteiger partial charge in [0.2, 0.25) is 0 Å². The van der Waals surface area contributed by atoms with Crippen LogP contribution in [0.25, 0.3) is 0 Å². The third kappa shape index (κ3) is 15.3. The Morgan fingerprint density at radius 1 is 0.820 bits per heavy atom. The summed E-state index contributed by atoms with van der Waals surface area (Å²) in [7, 11) is 5.96. The molecule has 1 aromatic carbocycles. The van der Waals surface area contributed by atoms with Gasteiger partial charge in [-0.2, -0.15) is 26.3 Å². The first kappa shape index (κ1) is 52.6. The maximum Gasteiger partial charge on any atom is 0.426 e. The number of halogens is 6. The molecule has 5 unspecified atom stereocenters. The number of hydrogen-bond donors (Lipinski definition) is 2. The molecule has 2 fully saturated rings. The van der Waals surface area contributed by atoms with Crippen molar-refractivity contribution in [3.8, 4) is 5.75 Å². The van der Waals surface area contributed by atoms with Gasteiger partial charge in [-0.15, -0.1) is 0 Å². The molecular formula is C44H73F6N3O6S2. The number of alkyl halides is 6. The quantitative estimate of drug-likeness (QED) is 0.0322. The van der Waals surface area contributed by atoms with E-state index in [1.165, 1.54) is 43.7 Å². The van der Waals surface area contributed by atoms with E-state index in [9.17, 15) is 26.3 Å². The SMILES string of the molecule is CCCC(OCCCOC1CCC2C3CCc4cc(OCCN(C)CCCCCCSSCCOCCCC(CON)CON)ccc4C3CCC12C)(C(F)(F)F)C(F)(F)F. The van der Waals surface area contributed by atoms with Crippen molar-refractivity contribution in [1.82, 2.24) is 4.90 Å². The Labute approximate surface area is 368 Å². The van der Waals surface area contributed by atoms with Crippen LogP contribution >= 0.6 is 21.6 Å². The molecule has 0 aromatic heterocycles. The molecule has 3 aliphatic rings. The zero-order valence-corrected chi connectivity index (χ0v) is 38.3. The number of nitrogens with two attached hydrogens (primary N) is 2. The molecule has 9 nitrogen and oxygen atoms in total. The topological polar surface area (TPSA) is 111 Å². The largest absolute Gasteiger partial charge is 0.492 e. The molecule has 3 aliphatic carbocycles. The maximum absolute atomic E-state index is 13.6. The van der Waals surface area contributed by atoms with E-state index in [4.69, 9.17) is 35.7 Å². The highest BCUT2D eigenvalue weighted by molar-refractivity contribution is 8.76. The van der Waals surface area contributed by atoms with Gasteiger partial charge < -0.3 is 33.5 Å². The number of unbranched alkanes of at least 4 members (excludes halogenated alkanes) is 3. The normalized spacial score (nSPS) is 23.1. The number of nitrogens with zero attached hydrogens (tertiary/aromatic N) is 1. The van der Waals surface area contributed by atoms with Crippen LogP contribution in [0.1, 0.15) is 121 Å². The lowest BCUT2D eigenvalue weighted by molar-refractivity contribution is -0.383. The molecule has 0 amide bonds. The lowest BCUT2D eigenvalue weighted by Crippen LogP contribution is -2.58. The van der Waals surface area contributed by atoms with Gasteiger partial charge in [0.25, 0.3) is 5.60 Å². The zero-order valence-electron chi connectivity index (χ0n) is 36.6. The third-order valence-corrected chi connectivity index (χ3v) is 15.8. The Hall–Kier alpha value is -1.02. The standard InChI is InChI=1S/C44H73F6N3O6S2/c1-4-19-42(43(45,46)47,44(48,49)50)57-25-10-24-56-40-17-16-39-38-14-12-34-30-35(13-15-36(34)37(38)18-20-41(39,40)2)55-26-22-53(3)21-7-5-6-8-28-60-61-29-27-54-23-9-11-33(31-58-51)32-59-52/h13,15,30,33,37-40H,4-12,14,16-29,31-32,51-52H2,1-3H3. The molecule has 4 N–H and O–H groups in total. The average Bonchev–Trinajstić information content (AvgIpc) is 3.55. The highest BCUT2D eigenvalue weighted by Gasteiger charge is 2.71. The fraction of sp³-hybridized carbons (Fsp3) is 0.864. The van der Waals surface area contributed by atoms with Crippen molar-refractivity contribution in [3.05, 3.63) is 29.3 Å². The van der Waals surface area contributed by atoms with Crippen LogP contribution in [0.2, 0.25) is 0 Å². The summed E-state index contributed by atoms with van der Waals surface area (Å²) in [6, 6.07) is 6.61. The molecule has 0 spiro atoms. The van der Waals surface area contributed by atoms with Gasteiger partial charge in [0.05, 0.1) is 32.5 Å². The van der Waals surface area contributed by atoms with Gasteiger partial charge >= 0.3 is 12.4 Å². The Bertz CT molecular complexity index is 1370. The first-order valence-corrected chi connectivity index (χ1v) is 25.0. The predicted molar refractivity (Wildman–Crippen MR) is 231 cm³/mol. The molecule has 0 bridgehead atoms. The van der Waals surface area contributed by atoms with Crippen molar-refractivity contribution in [3.63, 3.8) is 0 Å². The number of hydrogen-bond acceptors (Lipinski definition) is 11. The molecule has 17 heteroatoms. The summed E-state index contributed by atoms with van der Waals surface area (Å²) >= 11 is 0. The van der Waals surface area contributed by atoms with E-state index < -0.39 is 31.0 Å². The Balaban J connectivity index is 1.06. The first-order chi connectivity index (χ1) is 29.2. The molecule has 354 valence electrons. The van der Waals surface area contributed by atoms with Gasteiger partial charge in [-0.05, 0) is 137 Å². The van der Waals surface area contributed by atoms with Gasteiger partial charge in [-0.3, -0.25) is 0 Å². The predicted octanol–water partition coefficient (Wildman–Crippen LogP) is 10.4. The number of fused-ring (bicyclic) bond motifs is 5. The van der Waals surface area contributed by atoms with Crippen molar-refractivity contribution < 1.29 is 55.0 Å². The zero-order chi connectivity index (χ0) is 44.4. The molecule has 0 radical (unpaired) electrons. The smallest absolute Gasteiger partial charge is 0.426 e. The molecule has 1 aromatic rings. The van der Waals surface area contributed by atoms with E-state index in [0.717, 1.165) is 88.3 Å². The Morgan fingerprint density at radius 3 is 2.28 bits per heavy atom. The number of benzene rings is 1. The molecule has 4 rings (SSSR count). The fourth-order valence-corrected chi connectivity index (χ4v) is 12.0. The molecule has 2 saturated carbocycles. The van der Waals surface area contributed by atoms with Crippen molar-refractivity contribution in [2.45, 2.75) is 140 Å². The molecule has 0 aliphatic heterocycles. The van der Waals surface area contributed by atoms with E-state index in [0.29, 0.717) is 44.2 Å². The molecule has 61 heavy (non-hydrogen) atoms. The summed E-state index contributed by atoms with van der Waals surface area (Å²) in [5, 5.41) is 0. The second-order valence-electron chi connectivity index (χ2n) is 17.5. The lowest BCUT2D eigenvalue weighted by Gasteiger charge is -2.50. The Morgan fingerprint density at radius 2 is 1.56 bits per heavy atom. The summed E-state index contributed by atoms with van der Waals surface area (Å²) in [5.74, 6) is 15.0. The number of likely N-dealkylation sites (N-methyl/N-ethyl adjacent to an activating group) is 1. The van der Waals surface area contributed by atoms with Crippen LogP contribution in [0.4, 0.5) is 26.3 Å². The highest BCUT2D eigenvalue weighted by Crippen LogP contribution is 2.61. The average molecular weight is 918 g/mol. The van der Waals surface area contributed by atoms with Gasteiger partial charge in [0, 0.05) is 37.2 Å². The van der Waals surface area contributed by atoms with Crippen LogP contribution in [0.3, 0.4) is 0 Å². The summed E-state index contributed by atoms with van der Waals surface area (Å²) in [6.45, 7) is 7.87. The number of ether oxygens (including phenoxy) is 4. The number of rotatable bonds is 31. The summed E-state index contributed by atoms with van der Waals surface area (Å²) < 4.78 is 105. The second kappa shape index (κ2) is 26.2. The van der Waals surface area contributed by atoms with Crippen LogP contribution in [0, 0.1) is 23.2 Å². The molecular weight excluding hydrogens is 845 g/mol. The summed E-state index contributed by atoms with van der Waals surface area (Å²) in [6.07, 6.45) is -0.00327. The lowest BCUT2D eigenvalue weighted by atomic mass is 9.55. The minimum atomic E-state index is -5.55. The van der Waals surface area contributed by atoms with Crippen LogP contribution in [0.5, 0.6) is 5.75 Å². The maximum atomic E-state index is 13.6. The van der Waals surface area contributed by atoms with E-state index in [-0.39, 0.29) is 36.9 Å². The Kier molecular flexibility index (Phi) is 22.6. The van der Waals surface area contributed by atoms with Crippen molar-refractivity contribution >= 4 is 21.6 Å². The third-order valence-electron chi connectivity index (χ3n) is 13.3. The van der Waals surface area contributed by atoms with E-state index in [2.05, 4.69) is 41.8 Å². The van der Waals surface area contributed by atoms with E-state index in [1.54, 1.807) is 0 Å². The van der Waals surface area contributed by atoms with Crippen LogP contribution in [0.15, 0.2) is 18.2 Å². The van der Waals surface area contributed by atoms with Crippen molar-refractivity contribution in [2.24, 2.45) is 35.0 Å². The van der Waals surface area contributed by atoms with Crippen molar-refractivity contribution in [1.29, 1.82) is 0 Å². The molecule has 0 heterocycles. The fourth-order valence-electron chi connectivity index (χ4n) is 10.0. The summed E-state index contributed by atoms with van der Waals surface area (Å²) in [4.78, 5) is 11.7. The van der Waals surface area contributed by atoms with Crippen LogP contribution in [-0.4, -0.2) is 107 Å². The van der Waals surface area contributed by atoms with Crippen LogP contribution < -0.4 is 16.5 Å². The van der Waals surface area contributed by atoms with Gasteiger partial charge in [-0.1, -0.05) is 60.8 Å². The minimum Gasteiger partial charge on any atom is -0.492 e. The minimum absolute atomic E-state index is 0.0306. The number of aryl methyl sites for hydroxylation is 1. The van der Waals surface area contributed by atoms with Crippen LogP contribution in [-0.2, 0) is 30.3 Å². The summed E-state index contributed by atoms with van der Waals surface area (Å²) in [5.41, 5.74) is -1.42. The monoisotopic (exact) mass is 917 g/mol. The van der Waals surface area contributed by atoms with Crippen molar-refractivity contribution in [2.75, 3.05) is 77.9 Å². The first-order valence-electron chi connectivity index (χ1n) is 22.5. The van der Waals surface area contributed by atoms with E-state index >= 15 is 0 Å².